The number of benzene rings is 1. The molecule has 1 heterocycles. The fraction of sp³-hybridized carbons (Fsp3) is 0.188. The summed E-state index contributed by atoms with van der Waals surface area (Å²) in [5, 5.41) is 4.01. The lowest BCUT2D eigenvalue weighted by molar-refractivity contribution is 0.468. The molecular formula is C16H17BrN2S2. The van der Waals surface area contributed by atoms with E-state index in [4.69, 9.17) is 12.2 Å². The Labute approximate surface area is 143 Å². The summed E-state index contributed by atoms with van der Waals surface area (Å²) in [4.78, 5) is 3.36. The van der Waals surface area contributed by atoms with Crippen molar-refractivity contribution in [3.05, 3.63) is 63.3 Å². The fourth-order valence-corrected chi connectivity index (χ4v) is 3.68. The number of hydrogen-bond acceptors (Lipinski definition) is 2. The second-order valence-electron chi connectivity index (χ2n) is 4.67. The van der Waals surface area contributed by atoms with E-state index in [1.54, 1.807) is 11.3 Å². The third-order valence-corrected chi connectivity index (χ3v) is 4.85. The van der Waals surface area contributed by atoms with E-state index in [1.807, 2.05) is 18.2 Å². The summed E-state index contributed by atoms with van der Waals surface area (Å²) in [5.41, 5.74) is 2.22. The molecule has 2 aromatic rings. The minimum absolute atomic E-state index is 0.713. The number of aryl methyl sites for hydroxylation is 1. The third kappa shape index (κ3) is 4.95. The van der Waals surface area contributed by atoms with Crippen LogP contribution in [0.1, 0.15) is 10.4 Å². The van der Waals surface area contributed by atoms with E-state index in [-0.39, 0.29) is 0 Å². The molecule has 0 aliphatic heterocycles. The smallest absolute Gasteiger partial charge is 0.174 e. The van der Waals surface area contributed by atoms with Gasteiger partial charge in [-0.05, 0) is 64.9 Å². The average Bonchev–Trinajstić information content (AvgIpc) is 2.84. The Bertz CT molecular complexity index is 637. The number of thiocarbonyl (C=S) groups is 1. The van der Waals surface area contributed by atoms with Gasteiger partial charge in [-0.25, -0.2) is 0 Å². The van der Waals surface area contributed by atoms with Crippen molar-refractivity contribution in [2.45, 2.75) is 13.5 Å². The second kappa shape index (κ2) is 7.73. The molecule has 0 unspecified atom stereocenters. The van der Waals surface area contributed by atoms with Crippen LogP contribution in [-0.2, 0) is 6.54 Å². The van der Waals surface area contributed by atoms with Crippen LogP contribution < -0.4 is 5.32 Å². The lowest BCUT2D eigenvalue weighted by Crippen LogP contribution is -2.34. The predicted octanol–water partition coefficient (Wildman–Crippen LogP) is 5.20. The molecule has 0 aliphatic rings. The van der Waals surface area contributed by atoms with Crippen molar-refractivity contribution >= 4 is 50.3 Å². The van der Waals surface area contributed by atoms with Crippen molar-refractivity contribution in [3.8, 4) is 0 Å². The van der Waals surface area contributed by atoms with Gasteiger partial charge in [0, 0.05) is 17.1 Å². The summed E-state index contributed by atoms with van der Waals surface area (Å²) in [7, 11) is 0. The molecule has 2 nitrogen and oxygen atoms in total. The van der Waals surface area contributed by atoms with Crippen LogP contribution in [-0.4, -0.2) is 16.6 Å². The van der Waals surface area contributed by atoms with Gasteiger partial charge >= 0.3 is 0 Å². The van der Waals surface area contributed by atoms with Crippen molar-refractivity contribution in [2.75, 3.05) is 11.9 Å². The van der Waals surface area contributed by atoms with Crippen LogP contribution in [0.3, 0.4) is 0 Å². The Morgan fingerprint density at radius 1 is 1.43 bits per heavy atom. The maximum absolute atomic E-state index is 5.53. The van der Waals surface area contributed by atoms with Crippen molar-refractivity contribution < 1.29 is 0 Å². The Morgan fingerprint density at radius 2 is 2.24 bits per heavy atom. The van der Waals surface area contributed by atoms with Gasteiger partial charge in [0.2, 0.25) is 0 Å². The quantitative estimate of drug-likeness (QED) is 0.566. The molecule has 5 heteroatoms. The van der Waals surface area contributed by atoms with Gasteiger partial charge in [0.25, 0.3) is 0 Å². The van der Waals surface area contributed by atoms with Crippen LogP contribution in [0.25, 0.3) is 0 Å². The van der Waals surface area contributed by atoms with Gasteiger partial charge in [-0.2, -0.15) is 0 Å². The zero-order valence-corrected chi connectivity index (χ0v) is 15.0. The number of rotatable bonds is 5. The maximum Gasteiger partial charge on any atom is 0.174 e. The Kier molecular flexibility index (Phi) is 5.96. The first kappa shape index (κ1) is 16.2. The van der Waals surface area contributed by atoms with E-state index in [9.17, 15) is 0 Å². The highest BCUT2D eigenvalue weighted by Crippen LogP contribution is 2.23. The second-order valence-corrected chi connectivity index (χ2v) is 7.61. The first-order valence-electron chi connectivity index (χ1n) is 6.56. The molecule has 0 spiro atoms. The molecule has 0 radical (unpaired) electrons. The zero-order valence-electron chi connectivity index (χ0n) is 11.8. The highest BCUT2D eigenvalue weighted by Gasteiger charge is 2.10. The third-order valence-electron chi connectivity index (χ3n) is 2.88. The first-order chi connectivity index (χ1) is 10.1. The molecule has 0 aliphatic carbocycles. The summed E-state index contributed by atoms with van der Waals surface area (Å²) >= 11 is 10.7. The van der Waals surface area contributed by atoms with Gasteiger partial charge in [0.05, 0.1) is 10.3 Å². The molecule has 0 saturated carbocycles. The molecule has 1 aromatic heterocycles. The zero-order chi connectivity index (χ0) is 15.2. The minimum Gasteiger partial charge on any atom is -0.340 e. The van der Waals surface area contributed by atoms with Crippen molar-refractivity contribution in [1.82, 2.24) is 4.90 Å². The number of nitrogens with zero attached hydrogens (tertiary/aromatic N) is 1. The Hall–Kier alpha value is -1.17. The van der Waals surface area contributed by atoms with E-state index in [1.165, 1.54) is 10.4 Å². The van der Waals surface area contributed by atoms with Crippen molar-refractivity contribution in [1.29, 1.82) is 0 Å². The lowest BCUT2D eigenvalue weighted by Gasteiger charge is -2.24. The summed E-state index contributed by atoms with van der Waals surface area (Å²) in [5.74, 6) is 0. The van der Waals surface area contributed by atoms with Gasteiger partial charge in [-0.3, -0.25) is 0 Å². The lowest BCUT2D eigenvalue weighted by atomic mass is 10.2. The number of hydrogen-bond donors (Lipinski definition) is 1. The fourth-order valence-electron chi connectivity index (χ4n) is 1.93. The van der Waals surface area contributed by atoms with Gasteiger partial charge in [-0.15, -0.1) is 17.9 Å². The molecule has 1 aromatic carbocycles. The molecule has 0 saturated heterocycles. The molecule has 21 heavy (non-hydrogen) atoms. The van der Waals surface area contributed by atoms with Crippen LogP contribution in [0.15, 0.2) is 52.8 Å². The highest BCUT2D eigenvalue weighted by molar-refractivity contribution is 9.11. The molecule has 0 atom stereocenters. The highest BCUT2D eigenvalue weighted by atomic mass is 79.9. The summed E-state index contributed by atoms with van der Waals surface area (Å²) in [6, 6.07) is 12.4. The summed E-state index contributed by atoms with van der Waals surface area (Å²) in [6.07, 6.45) is 1.87. The van der Waals surface area contributed by atoms with E-state index in [0.717, 1.165) is 16.0 Å². The number of thiophene rings is 1. The number of anilines is 1. The predicted molar refractivity (Wildman–Crippen MR) is 100 cm³/mol. The first-order valence-corrected chi connectivity index (χ1v) is 8.58. The summed E-state index contributed by atoms with van der Waals surface area (Å²) < 4.78 is 1.13. The minimum atomic E-state index is 0.713. The van der Waals surface area contributed by atoms with E-state index < -0.39 is 0 Å². The SMILES string of the molecule is C=CCN(Cc1ccc(Br)s1)C(=S)Nc1cccc(C)c1. The molecule has 110 valence electrons. The van der Waals surface area contributed by atoms with E-state index in [0.29, 0.717) is 11.7 Å². The van der Waals surface area contributed by atoms with Gasteiger partial charge < -0.3 is 10.2 Å². The number of halogens is 1. The molecular weight excluding hydrogens is 364 g/mol. The molecule has 0 amide bonds. The monoisotopic (exact) mass is 380 g/mol. The van der Waals surface area contributed by atoms with Crippen LogP contribution in [0, 0.1) is 6.92 Å². The van der Waals surface area contributed by atoms with E-state index >= 15 is 0 Å². The largest absolute Gasteiger partial charge is 0.340 e. The molecule has 0 fully saturated rings. The van der Waals surface area contributed by atoms with E-state index in [2.05, 4.69) is 63.9 Å². The van der Waals surface area contributed by atoms with Crippen LogP contribution in [0.4, 0.5) is 5.69 Å². The van der Waals surface area contributed by atoms with Crippen LogP contribution >= 0.6 is 39.5 Å². The van der Waals surface area contributed by atoms with Gasteiger partial charge in [-0.1, -0.05) is 18.2 Å². The maximum atomic E-state index is 5.53. The van der Waals surface area contributed by atoms with Gasteiger partial charge in [0.1, 0.15) is 0 Å². The Morgan fingerprint density at radius 3 is 2.86 bits per heavy atom. The van der Waals surface area contributed by atoms with Gasteiger partial charge in [0.15, 0.2) is 5.11 Å². The standard InChI is InChI=1S/C16H17BrN2S2/c1-3-9-19(11-14-7-8-15(17)21-14)16(20)18-13-6-4-5-12(2)10-13/h3-8,10H,1,9,11H2,2H3,(H,18,20). The summed E-state index contributed by atoms with van der Waals surface area (Å²) in [6.45, 7) is 7.38. The normalized spacial score (nSPS) is 10.2. The molecule has 1 N–H and O–H groups in total. The average molecular weight is 381 g/mol. The molecule has 0 bridgehead atoms. The van der Waals surface area contributed by atoms with Crippen LogP contribution in [0.5, 0.6) is 0 Å². The van der Waals surface area contributed by atoms with Crippen molar-refractivity contribution in [3.63, 3.8) is 0 Å². The van der Waals surface area contributed by atoms with Crippen molar-refractivity contribution in [2.24, 2.45) is 0 Å². The topological polar surface area (TPSA) is 15.3 Å². The van der Waals surface area contributed by atoms with Crippen LogP contribution in [0.2, 0.25) is 0 Å². The number of nitrogens with one attached hydrogen (secondary N) is 1. The molecule has 2 rings (SSSR count). The Balaban J connectivity index is 2.06.